The van der Waals surface area contributed by atoms with Crippen molar-refractivity contribution in [2.45, 2.75) is 19.4 Å². The molecule has 1 aliphatic rings. The molecular weight excluding hydrogens is 244 g/mol. The van der Waals surface area contributed by atoms with Gasteiger partial charge in [-0.2, -0.15) is 0 Å². The molecular formula is C14H18N2O3. The predicted octanol–water partition coefficient (Wildman–Crippen LogP) is 0.643. The molecule has 2 amide bonds. The number of carbonyl (C=O) groups is 2. The topological polar surface area (TPSA) is 69.6 Å². The van der Waals surface area contributed by atoms with Crippen LogP contribution < -0.4 is 5.32 Å². The van der Waals surface area contributed by atoms with Crippen molar-refractivity contribution in [2.75, 3.05) is 19.6 Å². The van der Waals surface area contributed by atoms with Gasteiger partial charge in [-0.1, -0.05) is 13.0 Å². The van der Waals surface area contributed by atoms with Crippen LogP contribution in [0.25, 0.3) is 0 Å². The second kappa shape index (κ2) is 5.84. The minimum atomic E-state index is -0.417. The lowest BCUT2D eigenvalue weighted by Gasteiger charge is -2.35. The Morgan fingerprint density at radius 2 is 2.05 bits per heavy atom. The van der Waals surface area contributed by atoms with E-state index in [0.29, 0.717) is 30.8 Å². The lowest BCUT2D eigenvalue weighted by atomic mass is 10.1. The van der Waals surface area contributed by atoms with E-state index in [-0.39, 0.29) is 11.8 Å². The maximum absolute atomic E-state index is 12.0. The zero-order chi connectivity index (χ0) is 13.8. The quantitative estimate of drug-likeness (QED) is 0.836. The molecule has 1 aliphatic heterocycles. The van der Waals surface area contributed by atoms with Gasteiger partial charge in [0.1, 0.15) is 0 Å². The van der Waals surface area contributed by atoms with Crippen LogP contribution in [-0.4, -0.2) is 47.6 Å². The largest absolute Gasteiger partial charge is 0.389 e. The normalized spacial score (nSPS) is 14.9. The minimum Gasteiger partial charge on any atom is -0.389 e. The summed E-state index contributed by atoms with van der Waals surface area (Å²) in [7, 11) is 0. The molecule has 1 saturated heterocycles. The molecule has 0 atom stereocenters. The number of aliphatic hydroxyl groups is 1. The van der Waals surface area contributed by atoms with Crippen LogP contribution in [0.4, 0.5) is 0 Å². The Balaban J connectivity index is 2.06. The molecule has 0 aromatic heterocycles. The summed E-state index contributed by atoms with van der Waals surface area (Å²) in [4.78, 5) is 25.4. The molecule has 2 rings (SSSR count). The first kappa shape index (κ1) is 13.5. The molecule has 19 heavy (non-hydrogen) atoms. The fourth-order valence-corrected chi connectivity index (χ4v) is 1.94. The number of hydrogen-bond donors (Lipinski definition) is 2. The van der Waals surface area contributed by atoms with Gasteiger partial charge in [0.2, 0.25) is 0 Å². The molecule has 0 bridgehead atoms. The first-order valence-corrected chi connectivity index (χ1v) is 6.47. The SMILES string of the molecule is CCCNC(=O)c1cccc(C(=O)N2CC(O)C2)c1. The monoisotopic (exact) mass is 262 g/mol. The number of nitrogens with zero attached hydrogens (tertiary/aromatic N) is 1. The Labute approximate surface area is 112 Å². The van der Waals surface area contributed by atoms with Crippen molar-refractivity contribution in [2.24, 2.45) is 0 Å². The molecule has 5 nitrogen and oxygen atoms in total. The highest BCUT2D eigenvalue weighted by Gasteiger charge is 2.29. The van der Waals surface area contributed by atoms with E-state index < -0.39 is 6.10 Å². The predicted molar refractivity (Wildman–Crippen MR) is 71.0 cm³/mol. The minimum absolute atomic E-state index is 0.143. The van der Waals surface area contributed by atoms with E-state index in [4.69, 9.17) is 0 Å². The van der Waals surface area contributed by atoms with Gasteiger partial charge in [0.05, 0.1) is 6.10 Å². The van der Waals surface area contributed by atoms with Crippen molar-refractivity contribution < 1.29 is 14.7 Å². The number of hydrogen-bond acceptors (Lipinski definition) is 3. The zero-order valence-corrected chi connectivity index (χ0v) is 10.9. The Kier molecular flexibility index (Phi) is 4.16. The summed E-state index contributed by atoms with van der Waals surface area (Å²) in [6.45, 7) is 3.33. The van der Waals surface area contributed by atoms with Gasteiger partial charge in [0.15, 0.2) is 0 Å². The summed E-state index contributed by atoms with van der Waals surface area (Å²) in [6.07, 6.45) is 0.454. The van der Waals surface area contributed by atoms with Gasteiger partial charge in [-0.3, -0.25) is 9.59 Å². The molecule has 0 unspecified atom stereocenters. The summed E-state index contributed by atoms with van der Waals surface area (Å²) in [5, 5.41) is 12.0. The van der Waals surface area contributed by atoms with Crippen molar-refractivity contribution in [3.8, 4) is 0 Å². The Morgan fingerprint density at radius 3 is 2.68 bits per heavy atom. The molecule has 5 heteroatoms. The van der Waals surface area contributed by atoms with Crippen molar-refractivity contribution in [1.82, 2.24) is 10.2 Å². The Morgan fingerprint density at radius 1 is 1.37 bits per heavy atom. The van der Waals surface area contributed by atoms with E-state index >= 15 is 0 Å². The molecule has 2 N–H and O–H groups in total. The number of amides is 2. The van der Waals surface area contributed by atoms with E-state index in [1.165, 1.54) is 0 Å². The smallest absolute Gasteiger partial charge is 0.254 e. The van der Waals surface area contributed by atoms with Crippen molar-refractivity contribution in [1.29, 1.82) is 0 Å². The highest BCUT2D eigenvalue weighted by Crippen LogP contribution is 2.14. The Hall–Kier alpha value is -1.88. The standard InChI is InChI=1S/C14H18N2O3/c1-2-6-15-13(18)10-4-3-5-11(7-10)14(19)16-8-12(17)9-16/h3-5,7,12,17H,2,6,8-9H2,1H3,(H,15,18). The third-order valence-corrected chi connectivity index (χ3v) is 3.06. The van der Waals surface area contributed by atoms with Crippen LogP contribution in [0.15, 0.2) is 24.3 Å². The number of rotatable bonds is 4. The molecule has 1 aromatic carbocycles. The van der Waals surface area contributed by atoms with Gasteiger partial charge >= 0.3 is 0 Å². The summed E-state index contributed by atoms with van der Waals surface area (Å²) < 4.78 is 0. The molecule has 0 aliphatic carbocycles. The second-order valence-corrected chi connectivity index (χ2v) is 4.70. The summed E-state index contributed by atoms with van der Waals surface area (Å²) in [6, 6.07) is 6.67. The number of aliphatic hydroxyl groups excluding tert-OH is 1. The summed E-state index contributed by atoms with van der Waals surface area (Å²) >= 11 is 0. The highest BCUT2D eigenvalue weighted by atomic mass is 16.3. The van der Waals surface area contributed by atoms with Crippen LogP contribution in [0.3, 0.4) is 0 Å². The third kappa shape index (κ3) is 3.12. The van der Waals surface area contributed by atoms with Crippen molar-refractivity contribution >= 4 is 11.8 Å². The van der Waals surface area contributed by atoms with Gasteiger partial charge in [-0.25, -0.2) is 0 Å². The highest BCUT2D eigenvalue weighted by molar-refractivity contribution is 5.99. The van der Waals surface area contributed by atoms with Crippen molar-refractivity contribution in [3.63, 3.8) is 0 Å². The molecule has 0 spiro atoms. The van der Waals surface area contributed by atoms with Crippen LogP contribution in [0.5, 0.6) is 0 Å². The van der Waals surface area contributed by atoms with Crippen LogP contribution in [0.2, 0.25) is 0 Å². The van der Waals surface area contributed by atoms with E-state index in [1.54, 1.807) is 29.2 Å². The molecule has 102 valence electrons. The van der Waals surface area contributed by atoms with E-state index in [1.807, 2.05) is 6.92 Å². The number of likely N-dealkylation sites (tertiary alicyclic amines) is 1. The first-order valence-electron chi connectivity index (χ1n) is 6.47. The van der Waals surface area contributed by atoms with E-state index in [0.717, 1.165) is 6.42 Å². The number of β-amino-alcohol motifs (C(OH)–C–C–N with tert-alkyl or cyclic N) is 1. The average Bonchev–Trinajstić information content (AvgIpc) is 2.40. The van der Waals surface area contributed by atoms with Gasteiger partial charge in [-0.05, 0) is 24.6 Å². The Bertz CT molecular complexity index is 481. The third-order valence-electron chi connectivity index (χ3n) is 3.06. The van der Waals surface area contributed by atoms with Gasteiger partial charge in [0, 0.05) is 30.8 Å². The maximum atomic E-state index is 12.0. The molecule has 1 aromatic rings. The molecule has 1 fully saturated rings. The van der Waals surface area contributed by atoms with Gasteiger partial charge < -0.3 is 15.3 Å². The fraction of sp³-hybridized carbons (Fsp3) is 0.429. The lowest BCUT2D eigenvalue weighted by Crippen LogP contribution is -2.53. The number of carbonyl (C=O) groups excluding carboxylic acids is 2. The maximum Gasteiger partial charge on any atom is 0.254 e. The van der Waals surface area contributed by atoms with Crippen molar-refractivity contribution in [3.05, 3.63) is 35.4 Å². The second-order valence-electron chi connectivity index (χ2n) is 4.70. The van der Waals surface area contributed by atoms with Crippen LogP contribution in [0.1, 0.15) is 34.1 Å². The average molecular weight is 262 g/mol. The molecule has 0 radical (unpaired) electrons. The van der Waals surface area contributed by atoms with Crippen LogP contribution in [-0.2, 0) is 0 Å². The lowest BCUT2D eigenvalue weighted by molar-refractivity contribution is 0.00589. The summed E-state index contributed by atoms with van der Waals surface area (Å²) in [5.41, 5.74) is 0.969. The zero-order valence-electron chi connectivity index (χ0n) is 10.9. The fourth-order valence-electron chi connectivity index (χ4n) is 1.94. The number of nitrogens with one attached hydrogen (secondary N) is 1. The summed E-state index contributed by atoms with van der Waals surface area (Å²) in [5.74, 6) is -0.310. The first-order chi connectivity index (χ1) is 9.11. The number of benzene rings is 1. The van der Waals surface area contributed by atoms with Gasteiger partial charge in [0.25, 0.3) is 11.8 Å². The van der Waals surface area contributed by atoms with E-state index in [2.05, 4.69) is 5.32 Å². The van der Waals surface area contributed by atoms with E-state index in [9.17, 15) is 14.7 Å². The van der Waals surface area contributed by atoms with Crippen LogP contribution in [0, 0.1) is 0 Å². The molecule has 0 saturated carbocycles. The molecule has 1 heterocycles. The van der Waals surface area contributed by atoms with Crippen LogP contribution >= 0.6 is 0 Å². The van der Waals surface area contributed by atoms with Gasteiger partial charge in [-0.15, -0.1) is 0 Å².